The number of amides is 1. The van der Waals surface area contributed by atoms with E-state index in [9.17, 15) is 4.79 Å². The number of rotatable bonds is 5. The Morgan fingerprint density at radius 2 is 2.04 bits per heavy atom. The summed E-state index contributed by atoms with van der Waals surface area (Å²) >= 11 is 3.34. The Bertz CT molecular complexity index is 745. The molecule has 1 amide bonds. The summed E-state index contributed by atoms with van der Waals surface area (Å²) in [6.45, 7) is 1.88. The number of carbonyl (C=O) groups excluding carboxylic acids is 1. The first-order chi connectivity index (χ1) is 11.0. The van der Waals surface area contributed by atoms with Gasteiger partial charge in [0, 0.05) is 22.3 Å². The molecule has 1 N–H and O–H groups in total. The Hall–Kier alpha value is -2.34. The van der Waals surface area contributed by atoms with Crippen molar-refractivity contribution in [2.24, 2.45) is 0 Å². The summed E-state index contributed by atoms with van der Waals surface area (Å²) in [5.41, 5.74) is 1.63. The first kappa shape index (κ1) is 17.0. The molecular weight excluding hydrogens is 360 g/mol. The normalized spacial score (nSPS) is 10.6. The maximum atomic E-state index is 12.1. The van der Waals surface area contributed by atoms with Crippen molar-refractivity contribution in [2.75, 3.05) is 19.5 Å². The zero-order chi connectivity index (χ0) is 16.8. The summed E-state index contributed by atoms with van der Waals surface area (Å²) in [5.74, 6) is 1.61. The van der Waals surface area contributed by atoms with Gasteiger partial charge in [0.05, 0.1) is 14.2 Å². The number of ether oxygens (including phenoxy) is 2. The fraction of sp³-hybridized carbons (Fsp3) is 0.176. The van der Waals surface area contributed by atoms with Gasteiger partial charge in [0.2, 0.25) is 5.91 Å². The van der Waals surface area contributed by atoms with Gasteiger partial charge >= 0.3 is 0 Å². The summed E-state index contributed by atoms with van der Waals surface area (Å²) in [4.78, 5) is 16.2. The van der Waals surface area contributed by atoms with Gasteiger partial charge in [0.15, 0.2) is 0 Å². The van der Waals surface area contributed by atoms with Gasteiger partial charge in [-0.05, 0) is 58.8 Å². The van der Waals surface area contributed by atoms with Crippen molar-refractivity contribution in [2.45, 2.75) is 6.92 Å². The van der Waals surface area contributed by atoms with E-state index in [0.717, 1.165) is 15.6 Å². The average molecular weight is 377 g/mol. The minimum Gasteiger partial charge on any atom is -0.497 e. The molecule has 0 aliphatic rings. The summed E-state index contributed by atoms with van der Waals surface area (Å²) in [6.07, 6.45) is 4.74. The van der Waals surface area contributed by atoms with Crippen molar-refractivity contribution in [3.63, 3.8) is 0 Å². The third-order valence-corrected chi connectivity index (χ3v) is 3.57. The van der Waals surface area contributed by atoms with Gasteiger partial charge in [0.25, 0.3) is 0 Å². The number of hydrogen-bond donors (Lipinski definition) is 1. The molecule has 120 valence electrons. The van der Waals surface area contributed by atoms with E-state index in [-0.39, 0.29) is 5.91 Å². The predicted molar refractivity (Wildman–Crippen MR) is 93.9 cm³/mol. The molecule has 0 spiro atoms. The Balaban J connectivity index is 2.14. The van der Waals surface area contributed by atoms with Crippen LogP contribution in [0, 0.1) is 6.92 Å². The predicted octanol–water partition coefficient (Wildman–Crippen LogP) is 3.82. The Labute approximate surface area is 143 Å². The second-order valence-electron chi connectivity index (χ2n) is 4.75. The van der Waals surface area contributed by atoms with Crippen LogP contribution in [0.4, 0.5) is 5.82 Å². The molecule has 0 aliphatic carbocycles. The largest absolute Gasteiger partial charge is 0.497 e. The van der Waals surface area contributed by atoms with Gasteiger partial charge in [-0.3, -0.25) is 4.79 Å². The van der Waals surface area contributed by atoms with Crippen LogP contribution in [0.2, 0.25) is 0 Å². The van der Waals surface area contributed by atoms with E-state index >= 15 is 0 Å². The second-order valence-corrected chi connectivity index (χ2v) is 5.67. The smallest absolute Gasteiger partial charge is 0.249 e. The molecule has 1 heterocycles. The van der Waals surface area contributed by atoms with Crippen LogP contribution < -0.4 is 14.8 Å². The molecule has 0 radical (unpaired) electrons. The fourth-order valence-electron chi connectivity index (χ4n) is 1.96. The van der Waals surface area contributed by atoms with Crippen LogP contribution in [-0.4, -0.2) is 25.1 Å². The van der Waals surface area contributed by atoms with E-state index in [2.05, 4.69) is 26.2 Å². The van der Waals surface area contributed by atoms with E-state index in [1.807, 2.05) is 13.0 Å². The number of benzene rings is 1. The third-order valence-electron chi connectivity index (χ3n) is 3.14. The fourth-order valence-corrected chi connectivity index (χ4v) is 2.41. The first-order valence-corrected chi connectivity index (χ1v) is 7.66. The molecule has 0 unspecified atom stereocenters. The highest BCUT2D eigenvalue weighted by Gasteiger charge is 2.05. The minimum absolute atomic E-state index is 0.271. The van der Waals surface area contributed by atoms with Gasteiger partial charge in [-0.15, -0.1) is 0 Å². The minimum atomic E-state index is -0.271. The second kappa shape index (κ2) is 7.78. The van der Waals surface area contributed by atoms with Crippen molar-refractivity contribution in [3.8, 4) is 11.5 Å². The molecule has 0 atom stereocenters. The van der Waals surface area contributed by atoms with Crippen molar-refractivity contribution in [3.05, 3.63) is 52.1 Å². The van der Waals surface area contributed by atoms with Crippen LogP contribution in [-0.2, 0) is 4.79 Å². The van der Waals surface area contributed by atoms with Crippen molar-refractivity contribution in [1.29, 1.82) is 0 Å². The average Bonchev–Trinajstić information content (AvgIpc) is 2.55. The molecule has 0 fully saturated rings. The van der Waals surface area contributed by atoms with Crippen LogP contribution in [0.15, 0.2) is 41.0 Å². The molecule has 2 rings (SSSR count). The summed E-state index contributed by atoms with van der Waals surface area (Å²) in [6, 6.07) is 7.27. The Kier molecular flexibility index (Phi) is 5.76. The highest BCUT2D eigenvalue weighted by atomic mass is 79.9. The van der Waals surface area contributed by atoms with E-state index in [1.165, 1.54) is 6.08 Å². The zero-order valence-electron chi connectivity index (χ0n) is 13.1. The maximum Gasteiger partial charge on any atom is 0.249 e. The van der Waals surface area contributed by atoms with Crippen LogP contribution in [0.5, 0.6) is 11.5 Å². The SMILES string of the molecule is COc1ccc(OC)c(/C=C/C(=O)Nc2ncc(Br)cc2C)c1. The van der Waals surface area contributed by atoms with Crippen LogP contribution in [0.3, 0.4) is 0 Å². The number of pyridine rings is 1. The van der Waals surface area contributed by atoms with Crippen molar-refractivity contribution in [1.82, 2.24) is 4.98 Å². The molecule has 0 saturated heterocycles. The number of anilines is 1. The highest BCUT2D eigenvalue weighted by Crippen LogP contribution is 2.25. The van der Waals surface area contributed by atoms with Crippen LogP contribution in [0.25, 0.3) is 6.08 Å². The number of hydrogen-bond acceptors (Lipinski definition) is 4. The number of methoxy groups -OCH3 is 2. The number of nitrogens with one attached hydrogen (secondary N) is 1. The number of nitrogens with zero attached hydrogens (tertiary/aromatic N) is 1. The molecular formula is C17H17BrN2O3. The van der Waals surface area contributed by atoms with Crippen LogP contribution >= 0.6 is 15.9 Å². The molecule has 0 aliphatic heterocycles. The molecule has 5 nitrogen and oxygen atoms in total. The molecule has 2 aromatic rings. The molecule has 6 heteroatoms. The number of halogens is 1. The molecule has 0 bridgehead atoms. The Morgan fingerprint density at radius 1 is 1.26 bits per heavy atom. The maximum absolute atomic E-state index is 12.1. The standard InChI is InChI=1S/C17H17BrN2O3/c1-11-8-13(18)10-19-17(11)20-16(21)7-4-12-9-14(22-2)5-6-15(12)23-3/h4-10H,1-3H3,(H,19,20,21)/b7-4+. The lowest BCUT2D eigenvalue weighted by molar-refractivity contribution is -0.111. The lowest BCUT2D eigenvalue weighted by atomic mass is 10.1. The van der Waals surface area contributed by atoms with E-state index in [4.69, 9.17) is 9.47 Å². The molecule has 0 saturated carbocycles. The number of aryl methyl sites for hydroxylation is 1. The lowest BCUT2D eigenvalue weighted by Crippen LogP contribution is -2.10. The quantitative estimate of drug-likeness (QED) is 0.805. The number of carbonyl (C=O) groups is 1. The molecule has 1 aromatic heterocycles. The third kappa shape index (κ3) is 4.56. The van der Waals surface area contributed by atoms with Gasteiger partial charge in [0.1, 0.15) is 17.3 Å². The zero-order valence-corrected chi connectivity index (χ0v) is 14.7. The topological polar surface area (TPSA) is 60.5 Å². The first-order valence-electron chi connectivity index (χ1n) is 6.86. The highest BCUT2D eigenvalue weighted by molar-refractivity contribution is 9.10. The van der Waals surface area contributed by atoms with E-state index < -0.39 is 0 Å². The van der Waals surface area contributed by atoms with E-state index in [0.29, 0.717) is 17.3 Å². The summed E-state index contributed by atoms with van der Waals surface area (Å²) in [7, 11) is 3.17. The van der Waals surface area contributed by atoms with Crippen molar-refractivity contribution >= 4 is 33.7 Å². The monoisotopic (exact) mass is 376 g/mol. The van der Waals surface area contributed by atoms with Gasteiger partial charge in [-0.1, -0.05) is 0 Å². The number of aromatic nitrogens is 1. The van der Waals surface area contributed by atoms with E-state index in [1.54, 1.807) is 44.7 Å². The van der Waals surface area contributed by atoms with Gasteiger partial charge < -0.3 is 14.8 Å². The molecule has 23 heavy (non-hydrogen) atoms. The van der Waals surface area contributed by atoms with Crippen LogP contribution in [0.1, 0.15) is 11.1 Å². The lowest BCUT2D eigenvalue weighted by Gasteiger charge is -2.07. The van der Waals surface area contributed by atoms with Crippen molar-refractivity contribution < 1.29 is 14.3 Å². The summed E-state index contributed by atoms with van der Waals surface area (Å²) in [5, 5.41) is 2.74. The Morgan fingerprint density at radius 3 is 2.70 bits per heavy atom. The van der Waals surface area contributed by atoms with Gasteiger partial charge in [-0.25, -0.2) is 4.98 Å². The van der Waals surface area contributed by atoms with Gasteiger partial charge in [-0.2, -0.15) is 0 Å². The summed E-state index contributed by atoms with van der Waals surface area (Å²) < 4.78 is 11.3. The molecule has 1 aromatic carbocycles.